The Balaban J connectivity index is 1.71. The fraction of sp³-hybridized carbons (Fsp3) is 0.143. The third kappa shape index (κ3) is 3.67. The summed E-state index contributed by atoms with van der Waals surface area (Å²) in [5, 5.41) is 2.68. The van der Waals surface area contributed by atoms with Crippen LogP contribution in [-0.4, -0.2) is 42.9 Å². The Morgan fingerprint density at radius 1 is 1.24 bits per heavy atom. The molecule has 0 saturated carbocycles. The molecular weight excluding hydrogens is 371 g/mol. The lowest BCUT2D eigenvalue weighted by Gasteiger charge is -2.13. The van der Waals surface area contributed by atoms with Crippen LogP contribution in [0.5, 0.6) is 0 Å². The molecule has 25 heavy (non-hydrogen) atoms. The number of aromatic amines is 1. The molecule has 0 bridgehead atoms. The number of H-pyrrole nitrogens is 1. The highest BCUT2D eigenvalue weighted by Gasteiger charge is 2.23. The van der Waals surface area contributed by atoms with E-state index in [1.54, 1.807) is 0 Å². The van der Waals surface area contributed by atoms with Crippen LogP contribution in [0.3, 0.4) is 0 Å². The summed E-state index contributed by atoms with van der Waals surface area (Å²) in [5.74, 6) is -1.25. The number of hydrogen-bond donors (Lipinski definition) is 2. The Morgan fingerprint density at radius 3 is 2.84 bits per heavy atom. The largest absolute Gasteiger partial charge is 0.448 e. The molecule has 1 amide bonds. The van der Waals surface area contributed by atoms with E-state index in [0.29, 0.717) is 11.2 Å². The molecule has 1 unspecified atom stereocenters. The Morgan fingerprint density at radius 2 is 2.04 bits per heavy atom. The van der Waals surface area contributed by atoms with Crippen molar-refractivity contribution in [2.45, 2.75) is 13.0 Å². The van der Waals surface area contributed by atoms with Gasteiger partial charge < -0.3 is 15.0 Å². The summed E-state index contributed by atoms with van der Waals surface area (Å²) in [6, 6.07) is 2.84. The molecule has 2 N–H and O–H groups in total. The maximum absolute atomic E-state index is 12.2. The highest BCUT2D eigenvalue weighted by Crippen LogP contribution is 2.19. The predicted octanol–water partition coefficient (Wildman–Crippen LogP) is 2.24. The molecule has 3 aromatic heterocycles. The van der Waals surface area contributed by atoms with Crippen molar-refractivity contribution in [3.05, 3.63) is 40.7 Å². The van der Waals surface area contributed by atoms with Gasteiger partial charge in [-0.3, -0.25) is 4.79 Å². The fourth-order valence-electron chi connectivity index (χ4n) is 1.91. The number of nitrogens with one attached hydrogen (secondary N) is 2. The van der Waals surface area contributed by atoms with E-state index >= 15 is 0 Å². The minimum atomic E-state index is -1.13. The molecule has 0 radical (unpaired) electrons. The molecule has 0 aliphatic heterocycles. The lowest BCUT2D eigenvalue weighted by atomic mass is 10.3. The summed E-state index contributed by atoms with van der Waals surface area (Å²) in [4.78, 5) is 42.8. The molecule has 0 saturated heterocycles. The second-order valence-electron chi connectivity index (χ2n) is 4.82. The SMILES string of the molecule is CC(OC(=O)c1nc(Cl)ccc1Cl)C(=O)Nc1ncnc2nc[nH]c12. The number of nitrogens with zero attached hydrogens (tertiary/aromatic N) is 4. The zero-order valence-corrected chi connectivity index (χ0v) is 14.2. The van der Waals surface area contributed by atoms with Gasteiger partial charge in [0, 0.05) is 0 Å². The minimum Gasteiger partial charge on any atom is -0.448 e. The molecule has 11 heteroatoms. The Bertz CT molecular complexity index is 961. The van der Waals surface area contributed by atoms with Gasteiger partial charge in [-0.15, -0.1) is 0 Å². The van der Waals surface area contributed by atoms with Crippen LogP contribution in [0.2, 0.25) is 10.2 Å². The van der Waals surface area contributed by atoms with Crippen molar-refractivity contribution in [3.8, 4) is 0 Å². The van der Waals surface area contributed by atoms with Gasteiger partial charge in [0.2, 0.25) is 0 Å². The summed E-state index contributed by atoms with van der Waals surface area (Å²) in [7, 11) is 0. The van der Waals surface area contributed by atoms with Crippen LogP contribution >= 0.6 is 23.2 Å². The summed E-state index contributed by atoms with van der Waals surface area (Å²) in [5.41, 5.74) is 0.672. The standard InChI is InChI=1S/C14H10Cl2N6O3/c1-6(25-14(24)9-7(15)2-3-8(16)21-9)13(23)22-12-10-11(18-4-17-10)19-5-20-12/h2-6H,1H3,(H2,17,18,19,20,22,23). The van der Waals surface area contributed by atoms with Crippen LogP contribution in [-0.2, 0) is 9.53 Å². The number of imidazole rings is 1. The highest BCUT2D eigenvalue weighted by atomic mass is 35.5. The van der Waals surface area contributed by atoms with Crippen LogP contribution in [0, 0.1) is 0 Å². The van der Waals surface area contributed by atoms with E-state index in [1.165, 1.54) is 31.7 Å². The number of hydrogen-bond acceptors (Lipinski definition) is 7. The Kier molecular flexibility index (Phi) is 4.77. The van der Waals surface area contributed by atoms with Gasteiger partial charge in [-0.2, -0.15) is 0 Å². The molecule has 128 valence electrons. The molecule has 3 rings (SSSR count). The van der Waals surface area contributed by atoms with Gasteiger partial charge in [-0.25, -0.2) is 24.7 Å². The normalized spacial score (nSPS) is 12.0. The van der Waals surface area contributed by atoms with E-state index in [0.717, 1.165) is 0 Å². The zero-order chi connectivity index (χ0) is 18.0. The first-order valence-electron chi connectivity index (χ1n) is 6.93. The van der Waals surface area contributed by atoms with Crippen LogP contribution < -0.4 is 5.32 Å². The van der Waals surface area contributed by atoms with Crippen LogP contribution in [0.4, 0.5) is 5.82 Å². The molecule has 1 atom stereocenters. The summed E-state index contributed by atoms with van der Waals surface area (Å²) >= 11 is 11.6. The number of esters is 1. The second kappa shape index (κ2) is 6.99. The van der Waals surface area contributed by atoms with Gasteiger partial charge in [0.05, 0.1) is 11.3 Å². The van der Waals surface area contributed by atoms with E-state index in [4.69, 9.17) is 27.9 Å². The van der Waals surface area contributed by atoms with Gasteiger partial charge in [0.15, 0.2) is 23.3 Å². The smallest absolute Gasteiger partial charge is 0.359 e. The third-order valence-electron chi connectivity index (χ3n) is 3.12. The topological polar surface area (TPSA) is 123 Å². The Hall–Kier alpha value is -2.78. The maximum atomic E-state index is 12.2. The second-order valence-corrected chi connectivity index (χ2v) is 5.62. The van der Waals surface area contributed by atoms with Crippen molar-refractivity contribution in [3.63, 3.8) is 0 Å². The first kappa shape index (κ1) is 17.1. The fourth-order valence-corrected chi connectivity index (χ4v) is 2.24. The van der Waals surface area contributed by atoms with E-state index in [-0.39, 0.29) is 21.7 Å². The summed E-state index contributed by atoms with van der Waals surface area (Å²) < 4.78 is 5.07. The van der Waals surface area contributed by atoms with Crippen LogP contribution in [0.25, 0.3) is 11.2 Å². The van der Waals surface area contributed by atoms with E-state index in [9.17, 15) is 9.59 Å². The molecule has 3 heterocycles. The maximum Gasteiger partial charge on any atom is 0.359 e. The Labute approximate surface area is 150 Å². The number of pyridine rings is 1. The summed E-state index contributed by atoms with van der Waals surface area (Å²) in [6.07, 6.45) is 1.55. The number of carbonyl (C=O) groups is 2. The number of amides is 1. The molecule has 0 fully saturated rings. The van der Waals surface area contributed by atoms with Crippen LogP contribution in [0.15, 0.2) is 24.8 Å². The van der Waals surface area contributed by atoms with E-state index in [1.807, 2.05) is 0 Å². The monoisotopic (exact) mass is 380 g/mol. The highest BCUT2D eigenvalue weighted by molar-refractivity contribution is 6.34. The lowest BCUT2D eigenvalue weighted by molar-refractivity contribution is -0.123. The first-order chi connectivity index (χ1) is 12.0. The first-order valence-corrected chi connectivity index (χ1v) is 7.69. The number of aromatic nitrogens is 5. The molecule has 3 aromatic rings. The predicted molar refractivity (Wildman–Crippen MR) is 89.4 cm³/mol. The summed E-state index contributed by atoms with van der Waals surface area (Å²) in [6.45, 7) is 1.40. The number of halogens is 2. The zero-order valence-electron chi connectivity index (χ0n) is 12.7. The van der Waals surface area contributed by atoms with Gasteiger partial charge in [0.25, 0.3) is 5.91 Å². The number of anilines is 1. The third-order valence-corrected chi connectivity index (χ3v) is 3.64. The molecule has 0 aliphatic carbocycles. The van der Waals surface area contributed by atoms with E-state index < -0.39 is 18.0 Å². The van der Waals surface area contributed by atoms with Gasteiger partial charge >= 0.3 is 5.97 Å². The lowest BCUT2D eigenvalue weighted by Crippen LogP contribution is -2.30. The van der Waals surface area contributed by atoms with Crippen molar-refractivity contribution in [2.75, 3.05) is 5.32 Å². The van der Waals surface area contributed by atoms with Gasteiger partial charge in [-0.1, -0.05) is 23.2 Å². The van der Waals surface area contributed by atoms with Gasteiger partial charge in [0.1, 0.15) is 17.0 Å². The van der Waals surface area contributed by atoms with Crippen molar-refractivity contribution < 1.29 is 14.3 Å². The van der Waals surface area contributed by atoms with E-state index in [2.05, 4.69) is 30.2 Å². The molecule has 0 aromatic carbocycles. The average Bonchev–Trinajstić information content (AvgIpc) is 3.06. The van der Waals surface area contributed by atoms with Crippen LogP contribution in [0.1, 0.15) is 17.4 Å². The minimum absolute atomic E-state index is 0.0666. The van der Waals surface area contributed by atoms with Crippen molar-refractivity contribution >= 4 is 52.1 Å². The number of ether oxygens (including phenoxy) is 1. The number of fused-ring (bicyclic) bond motifs is 1. The molecule has 0 aliphatic rings. The van der Waals surface area contributed by atoms with Crippen molar-refractivity contribution in [1.82, 2.24) is 24.9 Å². The molecule has 9 nitrogen and oxygen atoms in total. The average molecular weight is 381 g/mol. The van der Waals surface area contributed by atoms with Crippen molar-refractivity contribution in [2.24, 2.45) is 0 Å². The number of carbonyl (C=O) groups excluding carboxylic acids is 2. The van der Waals surface area contributed by atoms with Gasteiger partial charge in [-0.05, 0) is 19.1 Å². The quantitative estimate of drug-likeness (QED) is 0.525. The molecular formula is C14H10Cl2N6O3. The number of rotatable bonds is 4. The molecule has 0 spiro atoms. The van der Waals surface area contributed by atoms with Crippen molar-refractivity contribution in [1.29, 1.82) is 0 Å².